The lowest BCUT2D eigenvalue weighted by Crippen LogP contribution is -2.47. The molecule has 10 heteroatoms. The number of aromatic nitrogens is 3. The van der Waals surface area contributed by atoms with Gasteiger partial charge in [0.25, 0.3) is 0 Å². The molecule has 0 bridgehead atoms. The molecule has 0 amide bonds. The number of ether oxygens (including phenoxy) is 1. The van der Waals surface area contributed by atoms with Crippen molar-refractivity contribution in [1.29, 1.82) is 0 Å². The highest BCUT2D eigenvalue weighted by Gasteiger charge is 2.45. The van der Waals surface area contributed by atoms with Crippen LogP contribution < -0.4 is 10.4 Å². The number of imidazole rings is 1. The van der Waals surface area contributed by atoms with E-state index in [1.54, 1.807) is 41.8 Å². The summed E-state index contributed by atoms with van der Waals surface area (Å²) in [6.45, 7) is 6.75. The molecule has 176 valence electrons. The van der Waals surface area contributed by atoms with Gasteiger partial charge >= 0.3 is 5.69 Å². The Kier molecular flexibility index (Phi) is 5.68. The molecule has 1 unspecified atom stereocenters. The van der Waals surface area contributed by atoms with Crippen LogP contribution in [0.1, 0.15) is 50.5 Å². The van der Waals surface area contributed by atoms with Gasteiger partial charge in [0.15, 0.2) is 21.3 Å². The summed E-state index contributed by atoms with van der Waals surface area (Å²) < 4.78 is 44.5. The van der Waals surface area contributed by atoms with Crippen LogP contribution in [0.4, 0.5) is 4.39 Å². The lowest BCUT2D eigenvalue weighted by molar-refractivity contribution is 0.0860. The summed E-state index contributed by atoms with van der Waals surface area (Å²) in [7, 11) is -3.06. The summed E-state index contributed by atoms with van der Waals surface area (Å²) in [5.41, 5.74) is 0.692. The van der Waals surface area contributed by atoms with Crippen LogP contribution in [0.15, 0.2) is 41.3 Å². The number of hydrogen-bond donors (Lipinski definition) is 0. The van der Waals surface area contributed by atoms with Crippen molar-refractivity contribution in [2.24, 2.45) is 5.41 Å². The monoisotopic (exact) mass is 475 g/mol. The molecule has 1 aromatic carbocycles. The zero-order chi connectivity index (χ0) is 24.1. The van der Waals surface area contributed by atoms with Crippen LogP contribution in [-0.4, -0.2) is 46.2 Å². The number of halogens is 1. The molecule has 2 aromatic heterocycles. The van der Waals surface area contributed by atoms with Crippen molar-refractivity contribution in [3.8, 4) is 11.4 Å². The minimum absolute atomic E-state index is 0.00952. The molecule has 1 aliphatic heterocycles. The molecule has 0 N–H and O–H groups in total. The Labute approximate surface area is 190 Å². The van der Waals surface area contributed by atoms with Gasteiger partial charge in [0.1, 0.15) is 5.75 Å². The van der Waals surface area contributed by atoms with Crippen molar-refractivity contribution >= 4 is 26.8 Å². The van der Waals surface area contributed by atoms with E-state index in [0.29, 0.717) is 22.4 Å². The number of Topliss-reactive ketones (excluding diaryl/α,β-unsaturated/α-hetero) is 1. The lowest BCUT2D eigenvalue weighted by atomic mass is 9.86. The number of nitrogens with zero attached hydrogens (tertiary/aromatic N) is 3. The molecule has 33 heavy (non-hydrogen) atoms. The molecular weight excluding hydrogens is 449 g/mol. The summed E-state index contributed by atoms with van der Waals surface area (Å²) in [6.07, 6.45) is -0.00767. The number of carbonyl (C=O) groups is 1. The molecule has 3 heterocycles. The maximum absolute atomic E-state index is 13.3. The smallest absolute Gasteiger partial charge is 0.335 e. The van der Waals surface area contributed by atoms with E-state index in [-0.39, 0.29) is 41.2 Å². The Balaban J connectivity index is 1.78. The normalized spacial score (nSPS) is 17.6. The highest BCUT2D eigenvalue weighted by atomic mass is 32.2. The number of benzene rings is 1. The van der Waals surface area contributed by atoms with Crippen LogP contribution in [0, 0.1) is 5.41 Å². The summed E-state index contributed by atoms with van der Waals surface area (Å²) >= 11 is 0. The van der Waals surface area contributed by atoms with Gasteiger partial charge in [0, 0.05) is 42.6 Å². The van der Waals surface area contributed by atoms with Gasteiger partial charge in [0.2, 0.25) is 6.36 Å². The van der Waals surface area contributed by atoms with Gasteiger partial charge < -0.3 is 4.74 Å². The van der Waals surface area contributed by atoms with E-state index in [9.17, 15) is 22.4 Å². The number of carbonyl (C=O) groups excluding carboxylic acids is 1. The van der Waals surface area contributed by atoms with Crippen molar-refractivity contribution in [3.63, 3.8) is 0 Å². The molecule has 1 fully saturated rings. The second-order valence-electron chi connectivity index (χ2n) is 9.25. The van der Waals surface area contributed by atoms with Gasteiger partial charge in [-0.15, -0.1) is 0 Å². The molecule has 1 atom stereocenters. The van der Waals surface area contributed by atoms with Crippen LogP contribution in [-0.2, 0) is 9.84 Å². The first-order valence-corrected chi connectivity index (χ1v) is 12.5. The number of ketones is 1. The number of hydrogen-bond acceptors (Lipinski definition) is 6. The summed E-state index contributed by atoms with van der Waals surface area (Å²) in [4.78, 5) is 30.7. The molecule has 0 radical (unpaired) electrons. The Bertz CT molecular complexity index is 1390. The number of pyridine rings is 1. The molecule has 4 rings (SSSR count). The average molecular weight is 476 g/mol. The minimum atomic E-state index is -3.06. The zero-order valence-corrected chi connectivity index (χ0v) is 19.7. The number of alkyl halides is 1. The fourth-order valence-corrected chi connectivity index (χ4v) is 6.72. The van der Waals surface area contributed by atoms with E-state index in [1.807, 2.05) is 13.8 Å². The van der Waals surface area contributed by atoms with Crippen LogP contribution in [0.3, 0.4) is 0 Å². The average Bonchev–Trinajstić information content (AvgIpc) is 2.96. The zero-order valence-electron chi connectivity index (χ0n) is 18.9. The van der Waals surface area contributed by atoms with Gasteiger partial charge in [-0.25, -0.2) is 27.2 Å². The molecule has 8 nitrogen and oxygen atoms in total. The van der Waals surface area contributed by atoms with Gasteiger partial charge in [-0.1, -0.05) is 13.0 Å². The number of rotatable bonds is 7. The fourth-order valence-electron chi connectivity index (χ4n) is 4.48. The van der Waals surface area contributed by atoms with E-state index >= 15 is 0 Å². The van der Waals surface area contributed by atoms with E-state index in [4.69, 9.17) is 4.74 Å². The molecule has 0 aliphatic carbocycles. The third kappa shape index (κ3) is 4.44. The van der Waals surface area contributed by atoms with Crippen molar-refractivity contribution < 1.29 is 22.3 Å². The van der Waals surface area contributed by atoms with Crippen LogP contribution >= 0.6 is 0 Å². The van der Waals surface area contributed by atoms with Gasteiger partial charge in [0.05, 0.1) is 22.7 Å². The Hall–Kier alpha value is -3.01. The minimum Gasteiger partial charge on any atom is -0.461 e. The van der Waals surface area contributed by atoms with E-state index < -0.39 is 21.6 Å². The molecule has 1 saturated heterocycles. The van der Waals surface area contributed by atoms with E-state index in [2.05, 4.69) is 4.98 Å². The van der Waals surface area contributed by atoms with Crippen LogP contribution in [0.25, 0.3) is 16.9 Å². The summed E-state index contributed by atoms with van der Waals surface area (Å²) in [6, 6.07) is 7.91. The lowest BCUT2D eigenvalue weighted by Gasteiger charge is -2.37. The summed E-state index contributed by atoms with van der Waals surface area (Å²) in [5, 5.41) is 0. The SMILES string of the molecule is CC(F)Oc1cccc(-n2c(=O)n(C(C)C)c3cc(C(=O)CC4(C)CS(=O)(=O)C4)cnc32)c1. The first kappa shape index (κ1) is 23.2. The summed E-state index contributed by atoms with van der Waals surface area (Å²) in [5.74, 6) is 0.0365. The van der Waals surface area contributed by atoms with Crippen molar-refractivity contribution in [3.05, 3.63) is 52.6 Å². The third-order valence-corrected chi connectivity index (χ3v) is 7.93. The third-order valence-electron chi connectivity index (χ3n) is 5.65. The Morgan fingerprint density at radius 2 is 1.94 bits per heavy atom. The van der Waals surface area contributed by atoms with E-state index in [0.717, 1.165) is 0 Å². The van der Waals surface area contributed by atoms with Gasteiger partial charge in [-0.05, 0) is 32.0 Å². The topological polar surface area (TPSA) is 100 Å². The first-order chi connectivity index (χ1) is 15.4. The predicted octanol–water partition coefficient (Wildman–Crippen LogP) is 3.47. The van der Waals surface area contributed by atoms with Crippen molar-refractivity contribution in [2.75, 3.05) is 11.5 Å². The van der Waals surface area contributed by atoms with Crippen molar-refractivity contribution in [1.82, 2.24) is 14.1 Å². The Morgan fingerprint density at radius 1 is 1.24 bits per heavy atom. The molecular formula is C23H26FN3O5S. The second kappa shape index (κ2) is 8.09. The molecule has 3 aromatic rings. The predicted molar refractivity (Wildman–Crippen MR) is 123 cm³/mol. The fraction of sp³-hybridized carbons (Fsp3) is 0.435. The molecule has 0 spiro atoms. The quantitative estimate of drug-likeness (QED) is 0.485. The Morgan fingerprint density at radius 3 is 2.55 bits per heavy atom. The highest BCUT2D eigenvalue weighted by Crippen LogP contribution is 2.37. The van der Waals surface area contributed by atoms with Gasteiger partial charge in [-0.2, -0.15) is 0 Å². The van der Waals surface area contributed by atoms with Gasteiger partial charge in [-0.3, -0.25) is 9.36 Å². The molecule has 1 aliphatic rings. The standard InChI is InChI=1S/C23H26FN3O5S/c1-14(2)26-19-8-16(20(28)10-23(4)12-33(30,31)13-23)11-25-21(19)27(22(26)29)17-6-5-7-18(9-17)32-15(3)24/h5-9,11,14-15H,10,12-13H2,1-4H3. The maximum Gasteiger partial charge on any atom is 0.335 e. The van der Waals surface area contributed by atoms with Crippen LogP contribution in [0.5, 0.6) is 5.75 Å². The second-order valence-corrected chi connectivity index (χ2v) is 11.3. The number of sulfone groups is 1. The van der Waals surface area contributed by atoms with E-state index in [1.165, 1.54) is 17.7 Å². The highest BCUT2D eigenvalue weighted by molar-refractivity contribution is 7.92. The first-order valence-electron chi connectivity index (χ1n) is 10.7. The number of fused-ring (bicyclic) bond motifs is 1. The molecule has 0 saturated carbocycles. The largest absolute Gasteiger partial charge is 0.461 e. The van der Waals surface area contributed by atoms with Crippen LogP contribution in [0.2, 0.25) is 0 Å². The van der Waals surface area contributed by atoms with Crippen molar-refractivity contribution in [2.45, 2.75) is 46.5 Å². The maximum atomic E-state index is 13.3.